The Morgan fingerprint density at radius 3 is 2.32 bits per heavy atom. The lowest BCUT2D eigenvalue weighted by Crippen LogP contribution is -2.62. The van der Waals surface area contributed by atoms with Gasteiger partial charge in [0.1, 0.15) is 5.82 Å². The lowest BCUT2D eigenvalue weighted by Gasteiger charge is -2.46. The van der Waals surface area contributed by atoms with E-state index in [4.69, 9.17) is 4.74 Å². The zero-order valence-corrected chi connectivity index (χ0v) is 19.1. The number of hydrogen-bond donors (Lipinski definition) is 0. The summed E-state index contributed by atoms with van der Waals surface area (Å²) in [6.45, 7) is 8.21. The Hall–Kier alpha value is -2.28. The Labute approximate surface area is 183 Å². The summed E-state index contributed by atoms with van der Waals surface area (Å²) in [5, 5.41) is 0. The molecule has 2 heterocycles. The highest BCUT2D eigenvalue weighted by Gasteiger charge is 2.62. The van der Waals surface area contributed by atoms with Crippen molar-refractivity contribution in [2.45, 2.75) is 84.1 Å². The number of piperidine rings is 1. The average molecular weight is 433 g/mol. The number of halogens is 1. The second kappa shape index (κ2) is 9.07. The van der Waals surface area contributed by atoms with Gasteiger partial charge in [0.2, 0.25) is 5.91 Å². The van der Waals surface area contributed by atoms with Crippen LogP contribution in [0.5, 0.6) is 0 Å². The summed E-state index contributed by atoms with van der Waals surface area (Å²) in [5.41, 5.74) is -0.607. The van der Waals surface area contributed by atoms with E-state index in [0.717, 1.165) is 12.0 Å². The molecule has 170 valence electrons. The number of ketones is 1. The van der Waals surface area contributed by atoms with Crippen molar-refractivity contribution in [1.29, 1.82) is 0 Å². The van der Waals surface area contributed by atoms with Gasteiger partial charge in [-0.05, 0) is 58.2 Å². The van der Waals surface area contributed by atoms with Crippen LogP contribution in [-0.2, 0) is 25.7 Å². The maximum atomic E-state index is 13.4. The van der Waals surface area contributed by atoms with Crippen LogP contribution in [0.1, 0.15) is 58.9 Å². The van der Waals surface area contributed by atoms with E-state index < -0.39 is 17.4 Å². The molecule has 0 saturated carbocycles. The molecule has 2 aliphatic heterocycles. The first-order valence-electron chi connectivity index (χ1n) is 11.0. The summed E-state index contributed by atoms with van der Waals surface area (Å²) in [6, 6.07) is 5.76. The van der Waals surface area contributed by atoms with Gasteiger partial charge < -0.3 is 9.64 Å². The van der Waals surface area contributed by atoms with Crippen LogP contribution in [0, 0.1) is 11.2 Å². The summed E-state index contributed by atoms with van der Waals surface area (Å²) in [6.07, 6.45) is 1.45. The number of fused-ring (bicyclic) bond motifs is 2. The van der Waals surface area contributed by atoms with Gasteiger partial charge in [0.05, 0.1) is 13.5 Å². The van der Waals surface area contributed by atoms with E-state index in [2.05, 4.69) is 4.90 Å². The van der Waals surface area contributed by atoms with E-state index in [1.165, 1.54) is 19.2 Å². The molecule has 2 aliphatic rings. The third kappa shape index (κ3) is 4.25. The van der Waals surface area contributed by atoms with E-state index in [9.17, 15) is 18.8 Å². The number of Topliss-reactive ketones (excluding diaryl/α,β-unsaturated/α-hetero) is 1. The van der Waals surface area contributed by atoms with Crippen LogP contribution in [-0.4, -0.2) is 58.7 Å². The molecule has 2 fully saturated rings. The number of ether oxygens (including phenoxy) is 1. The largest absolute Gasteiger partial charge is 0.468 e. The molecule has 0 aliphatic carbocycles. The zero-order valence-electron chi connectivity index (χ0n) is 19.1. The summed E-state index contributed by atoms with van der Waals surface area (Å²) >= 11 is 0. The topological polar surface area (TPSA) is 66.9 Å². The Morgan fingerprint density at radius 2 is 1.77 bits per heavy atom. The molecule has 1 aromatic carbocycles. The number of hydrogen-bond acceptors (Lipinski definition) is 5. The first kappa shape index (κ1) is 23.4. The predicted octanol–water partition coefficient (Wildman–Crippen LogP) is 3.33. The lowest BCUT2D eigenvalue weighted by atomic mass is 9.69. The molecule has 3 rings (SSSR count). The van der Waals surface area contributed by atoms with Crippen LogP contribution in [0.3, 0.4) is 0 Å². The highest BCUT2D eigenvalue weighted by atomic mass is 19.1. The number of carbonyl (C=O) groups is 3. The van der Waals surface area contributed by atoms with E-state index in [-0.39, 0.29) is 48.5 Å². The fourth-order valence-corrected chi connectivity index (χ4v) is 5.53. The monoisotopic (exact) mass is 432 g/mol. The smallest absolute Gasteiger partial charge is 0.321 e. The van der Waals surface area contributed by atoms with Gasteiger partial charge in [0.15, 0.2) is 11.2 Å². The molecule has 0 spiro atoms. The molecular weight excluding hydrogens is 399 g/mol. The highest BCUT2D eigenvalue weighted by Crippen LogP contribution is 2.48. The summed E-state index contributed by atoms with van der Waals surface area (Å²) in [5.74, 6) is -1.36. The SMILES string of the molecule is COC(=O)[C@]1(CC(=O)N(C(C)C)C(C)C)C(=O)C[C@H]2CC[C@H]1N2Cc1ccc(F)cc1. The van der Waals surface area contributed by atoms with Gasteiger partial charge in [-0.3, -0.25) is 19.3 Å². The van der Waals surface area contributed by atoms with Gasteiger partial charge in [0, 0.05) is 37.1 Å². The number of methoxy groups -OCH3 is 1. The fourth-order valence-electron chi connectivity index (χ4n) is 5.53. The molecule has 0 aromatic heterocycles. The first-order valence-corrected chi connectivity index (χ1v) is 11.0. The van der Waals surface area contributed by atoms with Crippen molar-refractivity contribution in [3.63, 3.8) is 0 Å². The van der Waals surface area contributed by atoms with Crippen LogP contribution < -0.4 is 0 Å². The van der Waals surface area contributed by atoms with Crippen LogP contribution in [0.2, 0.25) is 0 Å². The minimum Gasteiger partial charge on any atom is -0.468 e. The number of esters is 1. The number of rotatable bonds is 7. The number of amides is 1. The van der Waals surface area contributed by atoms with Gasteiger partial charge in [-0.25, -0.2) is 4.39 Å². The van der Waals surface area contributed by atoms with Gasteiger partial charge in [0.25, 0.3) is 0 Å². The van der Waals surface area contributed by atoms with Crippen molar-refractivity contribution in [1.82, 2.24) is 9.80 Å². The Kier molecular flexibility index (Phi) is 6.84. The molecule has 31 heavy (non-hydrogen) atoms. The van der Waals surface area contributed by atoms with Crippen molar-refractivity contribution >= 4 is 17.7 Å². The molecule has 0 radical (unpaired) electrons. The van der Waals surface area contributed by atoms with Crippen molar-refractivity contribution in [3.8, 4) is 0 Å². The summed E-state index contributed by atoms with van der Waals surface area (Å²) in [4.78, 5) is 43.7. The molecule has 6 nitrogen and oxygen atoms in total. The van der Waals surface area contributed by atoms with E-state index >= 15 is 0 Å². The van der Waals surface area contributed by atoms with E-state index in [0.29, 0.717) is 13.0 Å². The Balaban J connectivity index is 1.97. The van der Waals surface area contributed by atoms with Crippen molar-refractivity contribution in [2.24, 2.45) is 5.41 Å². The number of nitrogens with zero attached hydrogens (tertiary/aromatic N) is 2. The molecule has 2 saturated heterocycles. The van der Waals surface area contributed by atoms with E-state index in [1.54, 1.807) is 17.0 Å². The summed E-state index contributed by atoms with van der Waals surface area (Å²) < 4.78 is 18.5. The second-order valence-corrected chi connectivity index (χ2v) is 9.30. The molecule has 3 atom stereocenters. The van der Waals surface area contributed by atoms with Crippen LogP contribution >= 0.6 is 0 Å². The van der Waals surface area contributed by atoms with Crippen LogP contribution in [0.15, 0.2) is 24.3 Å². The van der Waals surface area contributed by atoms with Gasteiger partial charge in [-0.2, -0.15) is 0 Å². The third-order valence-electron chi connectivity index (χ3n) is 6.79. The van der Waals surface area contributed by atoms with Crippen molar-refractivity contribution in [3.05, 3.63) is 35.6 Å². The van der Waals surface area contributed by atoms with E-state index in [1.807, 2.05) is 27.7 Å². The molecule has 0 unspecified atom stereocenters. The normalized spacial score (nSPS) is 25.9. The minimum absolute atomic E-state index is 0.0155. The second-order valence-electron chi connectivity index (χ2n) is 9.30. The highest BCUT2D eigenvalue weighted by molar-refractivity contribution is 6.08. The van der Waals surface area contributed by atoms with Gasteiger partial charge in [-0.15, -0.1) is 0 Å². The quantitative estimate of drug-likeness (QED) is 0.488. The zero-order chi connectivity index (χ0) is 22.9. The standard InChI is InChI=1S/C24H33FN2O4/c1-15(2)27(16(3)4)22(29)13-24(23(30)31-5)20-11-10-19(12-21(24)28)26(20)14-17-6-8-18(25)9-7-17/h6-9,15-16,19-20H,10-14H2,1-5H3/t19-,20-,24+/m1/s1. The molecule has 0 N–H and O–H groups in total. The third-order valence-corrected chi connectivity index (χ3v) is 6.79. The maximum absolute atomic E-state index is 13.4. The maximum Gasteiger partial charge on any atom is 0.321 e. The molecular formula is C24H33FN2O4. The number of benzene rings is 1. The fraction of sp³-hybridized carbons (Fsp3) is 0.625. The molecule has 7 heteroatoms. The van der Waals surface area contributed by atoms with Crippen molar-refractivity contribution in [2.75, 3.05) is 7.11 Å². The molecule has 1 aromatic rings. The summed E-state index contributed by atoms with van der Waals surface area (Å²) in [7, 11) is 1.27. The molecule has 1 amide bonds. The minimum atomic E-state index is -1.51. The van der Waals surface area contributed by atoms with Crippen molar-refractivity contribution < 1.29 is 23.5 Å². The Morgan fingerprint density at radius 1 is 1.16 bits per heavy atom. The van der Waals surface area contributed by atoms with Gasteiger partial charge in [-0.1, -0.05) is 12.1 Å². The van der Waals surface area contributed by atoms with Crippen LogP contribution in [0.25, 0.3) is 0 Å². The Bertz CT molecular complexity index is 830. The molecule has 2 bridgehead atoms. The first-order chi connectivity index (χ1) is 14.6. The predicted molar refractivity (Wildman–Crippen MR) is 115 cm³/mol. The van der Waals surface area contributed by atoms with Crippen LogP contribution in [0.4, 0.5) is 4.39 Å². The van der Waals surface area contributed by atoms with Gasteiger partial charge >= 0.3 is 5.97 Å². The average Bonchev–Trinajstić information content (AvgIpc) is 3.01. The lowest BCUT2D eigenvalue weighted by molar-refractivity contribution is -0.171. The number of carbonyl (C=O) groups excluding carboxylic acids is 3.